The van der Waals surface area contributed by atoms with E-state index >= 15 is 0 Å². The smallest absolute Gasteiger partial charge is 0.269 e. The normalized spacial score (nSPS) is 11.9. The number of nitriles is 1. The summed E-state index contributed by atoms with van der Waals surface area (Å²) in [6.07, 6.45) is 2.80. The van der Waals surface area contributed by atoms with Crippen molar-refractivity contribution < 1.29 is 19.1 Å². The predicted octanol–water partition coefficient (Wildman–Crippen LogP) is 7.03. The summed E-state index contributed by atoms with van der Waals surface area (Å²) in [6, 6.07) is 21.6. The van der Waals surface area contributed by atoms with Crippen LogP contribution in [0, 0.1) is 21.4 Å². The van der Waals surface area contributed by atoms with E-state index in [2.05, 4.69) is 32.0 Å². The van der Waals surface area contributed by atoms with E-state index in [1.165, 1.54) is 17.7 Å². The molecule has 3 aromatic carbocycles. The molecule has 0 aliphatic carbocycles. The number of ether oxygens (including phenoxy) is 3. The van der Waals surface area contributed by atoms with E-state index in [0.717, 1.165) is 17.7 Å². The van der Waals surface area contributed by atoms with Crippen molar-refractivity contribution in [2.75, 3.05) is 19.8 Å². The second-order valence-electron chi connectivity index (χ2n) is 8.19. The van der Waals surface area contributed by atoms with Gasteiger partial charge in [-0.1, -0.05) is 32.0 Å². The van der Waals surface area contributed by atoms with Gasteiger partial charge in [0.2, 0.25) is 0 Å². The number of nitro groups is 1. The zero-order chi connectivity index (χ0) is 25.9. The second-order valence-corrected chi connectivity index (χ2v) is 8.19. The van der Waals surface area contributed by atoms with Crippen molar-refractivity contribution in [3.05, 3.63) is 93.5 Å². The molecule has 0 spiro atoms. The van der Waals surface area contributed by atoms with Crippen LogP contribution in [0.5, 0.6) is 17.2 Å². The zero-order valence-corrected chi connectivity index (χ0v) is 20.8. The minimum absolute atomic E-state index is 0.0248. The Labute approximate surface area is 211 Å². The molecule has 0 aromatic heterocycles. The van der Waals surface area contributed by atoms with Crippen LogP contribution in [0.4, 0.5) is 5.69 Å². The van der Waals surface area contributed by atoms with Crippen molar-refractivity contribution in [3.63, 3.8) is 0 Å². The average Bonchev–Trinajstić information content (AvgIpc) is 2.90. The third-order valence-corrected chi connectivity index (χ3v) is 5.76. The van der Waals surface area contributed by atoms with Crippen LogP contribution in [-0.2, 0) is 0 Å². The van der Waals surface area contributed by atoms with E-state index in [0.29, 0.717) is 48.4 Å². The summed E-state index contributed by atoms with van der Waals surface area (Å²) < 4.78 is 17.5. The molecule has 0 fully saturated rings. The van der Waals surface area contributed by atoms with E-state index in [1.54, 1.807) is 30.3 Å². The highest BCUT2D eigenvalue weighted by molar-refractivity contribution is 5.90. The Bertz CT molecular complexity index is 1230. The topological polar surface area (TPSA) is 94.6 Å². The second kappa shape index (κ2) is 13.0. The fourth-order valence-corrected chi connectivity index (χ4v) is 3.55. The number of nitrogens with zero attached hydrogens (tertiary/aromatic N) is 2. The predicted molar refractivity (Wildman–Crippen MR) is 140 cm³/mol. The number of hydrogen-bond donors (Lipinski definition) is 0. The minimum atomic E-state index is -0.471. The van der Waals surface area contributed by atoms with Crippen LogP contribution in [0.3, 0.4) is 0 Å². The highest BCUT2D eigenvalue weighted by atomic mass is 16.6. The molecule has 3 aromatic rings. The van der Waals surface area contributed by atoms with Crippen molar-refractivity contribution in [3.8, 4) is 23.3 Å². The Hall–Kier alpha value is -4.31. The average molecular weight is 487 g/mol. The van der Waals surface area contributed by atoms with Gasteiger partial charge in [-0.25, -0.2) is 0 Å². The monoisotopic (exact) mass is 486 g/mol. The van der Waals surface area contributed by atoms with Crippen molar-refractivity contribution in [1.82, 2.24) is 0 Å². The first-order chi connectivity index (χ1) is 17.4. The summed E-state index contributed by atoms with van der Waals surface area (Å²) in [4.78, 5) is 10.4. The number of rotatable bonds is 12. The largest absolute Gasteiger partial charge is 0.490 e. The fourth-order valence-electron chi connectivity index (χ4n) is 3.55. The molecular formula is C29H30N2O5. The summed E-state index contributed by atoms with van der Waals surface area (Å²) in [5, 5.41) is 20.5. The first-order valence-electron chi connectivity index (χ1n) is 11.9. The third kappa shape index (κ3) is 7.09. The zero-order valence-electron chi connectivity index (χ0n) is 20.8. The number of benzene rings is 3. The molecule has 36 heavy (non-hydrogen) atoms. The lowest BCUT2D eigenvalue weighted by atomic mass is 9.99. The van der Waals surface area contributed by atoms with Gasteiger partial charge in [0, 0.05) is 12.1 Å². The molecule has 0 N–H and O–H groups in total. The molecule has 3 rings (SSSR count). The molecule has 0 heterocycles. The van der Waals surface area contributed by atoms with Gasteiger partial charge >= 0.3 is 0 Å². The maximum Gasteiger partial charge on any atom is 0.269 e. The Balaban J connectivity index is 1.65. The highest BCUT2D eigenvalue weighted by Gasteiger charge is 2.10. The summed E-state index contributed by atoms with van der Waals surface area (Å²) in [5.74, 6) is 2.46. The molecule has 0 aliphatic heterocycles. The van der Waals surface area contributed by atoms with E-state index in [4.69, 9.17) is 14.2 Å². The summed E-state index contributed by atoms with van der Waals surface area (Å²) in [5.41, 5.74) is 3.00. The first kappa shape index (κ1) is 26.3. The van der Waals surface area contributed by atoms with Crippen molar-refractivity contribution in [1.29, 1.82) is 5.26 Å². The first-order valence-corrected chi connectivity index (χ1v) is 11.9. The van der Waals surface area contributed by atoms with E-state index < -0.39 is 4.92 Å². The number of allylic oxidation sites excluding steroid dienone is 1. The summed E-state index contributed by atoms with van der Waals surface area (Å²) >= 11 is 0. The van der Waals surface area contributed by atoms with E-state index in [1.807, 2.05) is 25.1 Å². The Morgan fingerprint density at radius 1 is 0.972 bits per heavy atom. The lowest BCUT2D eigenvalue weighted by Gasteiger charge is -2.14. The van der Waals surface area contributed by atoms with Crippen molar-refractivity contribution in [2.24, 2.45) is 0 Å². The van der Waals surface area contributed by atoms with Crippen LogP contribution in [0.15, 0.2) is 66.7 Å². The molecule has 0 saturated heterocycles. The lowest BCUT2D eigenvalue weighted by Crippen LogP contribution is -2.10. The third-order valence-electron chi connectivity index (χ3n) is 5.76. The molecule has 0 radical (unpaired) electrons. The summed E-state index contributed by atoms with van der Waals surface area (Å²) in [7, 11) is 0. The quantitative estimate of drug-likeness (QED) is 0.0897. The van der Waals surface area contributed by atoms with Gasteiger partial charge in [-0.2, -0.15) is 5.26 Å². The molecule has 7 heteroatoms. The molecular weight excluding hydrogens is 456 g/mol. The van der Waals surface area contributed by atoms with Crippen LogP contribution in [0.2, 0.25) is 0 Å². The summed E-state index contributed by atoms with van der Waals surface area (Å²) in [6.45, 7) is 7.44. The Morgan fingerprint density at radius 3 is 2.28 bits per heavy atom. The molecule has 186 valence electrons. The van der Waals surface area contributed by atoms with Gasteiger partial charge < -0.3 is 14.2 Å². The number of nitro benzene ring substituents is 1. The van der Waals surface area contributed by atoms with Gasteiger partial charge in [-0.15, -0.1) is 0 Å². The molecule has 0 saturated carbocycles. The van der Waals surface area contributed by atoms with Gasteiger partial charge in [0.15, 0.2) is 11.5 Å². The van der Waals surface area contributed by atoms with Crippen LogP contribution in [0.1, 0.15) is 49.8 Å². The van der Waals surface area contributed by atoms with E-state index in [9.17, 15) is 15.4 Å². The highest BCUT2D eigenvalue weighted by Crippen LogP contribution is 2.31. The molecule has 1 atom stereocenters. The van der Waals surface area contributed by atoms with Crippen molar-refractivity contribution >= 4 is 17.3 Å². The van der Waals surface area contributed by atoms with Crippen LogP contribution >= 0.6 is 0 Å². The van der Waals surface area contributed by atoms with Gasteiger partial charge in [0.1, 0.15) is 19.0 Å². The van der Waals surface area contributed by atoms with Gasteiger partial charge in [-0.3, -0.25) is 10.1 Å². The van der Waals surface area contributed by atoms with E-state index in [-0.39, 0.29) is 5.69 Å². The van der Waals surface area contributed by atoms with Crippen molar-refractivity contribution in [2.45, 2.75) is 33.1 Å². The SMILES string of the molecule is CCOc1cc(/C=C(\C#N)c2ccc([N+](=O)[O-])cc2)ccc1OCCOc1ccc([C@H](C)CC)cc1. The Morgan fingerprint density at radius 2 is 1.67 bits per heavy atom. The number of hydrogen-bond acceptors (Lipinski definition) is 6. The fraction of sp³-hybridized carbons (Fsp3) is 0.276. The van der Waals surface area contributed by atoms with Gasteiger partial charge in [0.05, 0.1) is 23.2 Å². The van der Waals surface area contributed by atoms with Gasteiger partial charge in [-0.05, 0) is 78.4 Å². The molecule has 7 nitrogen and oxygen atoms in total. The van der Waals surface area contributed by atoms with Gasteiger partial charge in [0.25, 0.3) is 5.69 Å². The Kier molecular flexibility index (Phi) is 9.47. The van der Waals surface area contributed by atoms with Crippen LogP contribution < -0.4 is 14.2 Å². The lowest BCUT2D eigenvalue weighted by molar-refractivity contribution is -0.384. The molecule has 0 amide bonds. The number of non-ortho nitro benzene ring substituents is 1. The maximum atomic E-state index is 10.9. The molecule has 0 aliphatic rings. The minimum Gasteiger partial charge on any atom is -0.490 e. The molecule has 0 unspecified atom stereocenters. The van der Waals surface area contributed by atoms with Crippen LogP contribution in [-0.4, -0.2) is 24.7 Å². The molecule has 0 bridgehead atoms. The maximum absolute atomic E-state index is 10.9. The standard InChI is InChI=1S/C29H30N2O5/c1-4-21(3)23-9-13-27(14-10-23)35-16-17-36-28-15-6-22(19-29(28)34-5-2)18-25(20-30)24-7-11-26(12-8-24)31(32)33/h6-15,18-19,21H,4-5,16-17H2,1-3H3/b25-18+/t21-/m1/s1. The van der Waals surface area contributed by atoms with Crippen LogP contribution in [0.25, 0.3) is 11.6 Å².